The summed E-state index contributed by atoms with van der Waals surface area (Å²) in [6, 6.07) is 19.0. The number of rotatable bonds is 14. The van der Waals surface area contributed by atoms with E-state index in [4.69, 9.17) is 16.3 Å². The molecule has 11 nitrogen and oxygen atoms in total. The van der Waals surface area contributed by atoms with Gasteiger partial charge in [-0.05, 0) is 66.4 Å². The Morgan fingerprint density at radius 1 is 1.04 bits per heavy atom. The molecule has 0 saturated carbocycles. The topological polar surface area (TPSA) is 132 Å². The highest BCUT2D eigenvalue weighted by molar-refractivity contribution is 6.30. The zero-order valence-electron chi connectivity index (χ0n) is 29.5. The van der Waals surface area contributed by atoms with E-state index in [-0.39, 0.29) is 38.3 Å². The maximum atomic E-state index is 13.9. The van der Waals surface area contributed by atoms with Gasteiger partial charge in [0.1, 0.15) is 25.0 Å². The average molecular weight is 769 g/mol. The lowest BCUT2D eigenvalue weighted by atomic mass is 9.91. The monoisotopic (exact) mass is 768 g/mol. The number of amides is 2. The molecule has 0 radical (unpaired) electrons. The summed E-state index contributed by atoms with van der Waals surface area (Å²) in [6.45, 7) is 0.621. The molecule has 2 aliphatic rings. The minimum Gasteiger partial charge on any atom is -0.490 e. The fraction of sp³-hybridized carbons (Fsp3) is 0.410. The van der Waals surface area contributed by atoms with E-state index in [1.165, 1.54) is 0 Å². The molecule has 0 unspecified atom stereocenters. The van der Waals surface area contributed by atoms with Crippen molar-refractivity contribution in [2.45, 2.75) is 56.3 Å². The Labute approximate surface area is 316 Å². The van der Waals surface area contributed by atoms with Crippen molar-refractivity contribution in [1.82, 2.24) is 30.0 Å². The highest BCUT2D eigenvalue weighted by Gasteiger charge is 2.36. The number of pyridine rings is 1. The molecule has 288 valence electrons. The Morgan fingerprint density at radius 2 is 1.83 bits per heavy atom. The number of carbonyl (C=O) groups excluding carboxylic acids is 2. The van der Waals surface area contributed by atoms with Gasteiger partial charge < -0.3 is 30.2 Å². The van der Waals surface area contributed by atoms with Crippen LogP contribution in [0.5, 0.6) is 5.75 Å². The molecule has 2 aromatic carbocycles. The van der Waals surface area contributed by atoms with Gasteiger partial charge in [-0.1, -0.05) is 35.9 Å². The smallest absolute Gasteiger partial charge is 0.405 e. The minimum absolute atomic E-state index is 0.00987. The number of ether oxygens (including phenoxy) is 1. The number of fused-ring (bicyclic) bond motifs is 1. The predicted molar refractivity (Wildman–Crippen MR) is 196 cm³/mol. The molecule has 2 aromatic heterocycles. The Kier molecular flexibility index (Phi) is 12.9. The third-order valence-electron chi connectivity index (χ3n) is 9.80. The number of hydrogen-bond acceptors (Lipinski definition) is 8. The van der Waals surface area contributed by atoms with E-state index in [0.717, 1.165) is 16.8 Å². The van der Waals surface area contributed by atoms with E-state index in [1.807, 2.05) is 69.6 Å². The Bertz CT molecular complexity index is 1850. The van der Waals surface area contributed by atoms with Gasteiger partial charge in [0.2, 0.25) is 11.8 Å². The molecule has 5 atom stereocenters. The maximum absolute atomic E-state index is 13.9. The number of aromatic nitrogens is 2. The molecule has 1 saturated heterocycles. The molecule has 2 aliphatic heterocycles. The number of aliphatic hydroxyl groups excluding tert-OH is 2. The van der Waals surface area contributed by atoms with Crippen molar-refractivity contribution < 1.29 is 37.7 Å². The largest absolute Gasteiger partial charge is 0.490 e. The molecule has 0 aliphatic carbocycles. The third-order valence-corrected chi connectivity index (χ3v) is 10.1. The van der Waals surface area contributed by atoms with E-state index in [1.54, 1.807) is 36.7 Å². The number of carbonyl (C=O) groups is 2. The number of piperazine rings is 1. The molecular weight excluding hydrogens is 725 g/mol. The number of hydrogen-bond donors (Lipinski definition) is 4. The summed E-state index contributed by atoms with van der Waals surface area (Å²) in [7, 11) is 0. The summed E-state index contributed by atoms with van der Waals surface area (Å²) in [4.78, 5) is 34.9. The standard InChI is InChI=1S/C39H44ClF3N6O5/c40-29-7-9-30(10-8-29)48-13-11-27(21-48)20-47-14-15-49(31(22-47)18-36(52)45-25-39(41,42)43)23-32(50)17-28(16-26-4-3-12-44-19-26)38(53)46-37-33-5-1-2-6-35(33)54-24-34(37)51/h1-13,19,21,28,31-32,34,37,50-51H,14-18,20,22-25H2,(H,45,52)(H,46,53)/t28-,31-,32+,34-,37+/m1/s1. The summed E-state index contributed by atoms with van der Waals surface area (Å²) in [5.74, 6) is -1.25. The first-order valence-electron chi connectivity index (χ1n) is 17.9. The normalized spacial score (nSPS) is 20.4. The van der Waals surface area contributed by atoms with Gasteiger partial charge in [0.05, 0.1) is 12.1 Å². The van der Waals surface area contributed by atoms with Crippen LogP contribution in [0.25, 0.3) is 5.69 Å². The average Bonchev–Trinajstić information content (AvgIpc) is 3.61. The van der Waals surface area contributed by atoms with Crippen LogP contribution in [-0.2, 0) is 22.6 Å². The van der Waals surface area contributed by atoms with Crippen LogP contribution in [0.1, 0.15) is 35.6 Å². The lowest BCUT2D eigenvalue weighted by Gasteiger charge is -2.42. The van der Waals surface area contributed by atoms with Crippen LogP contribution >= 0.6 is 11.6 Å². The van der Waals surface area contributed by atoms with Crippen molar-refractivity contribution in [3.8, 4) is 11.4 Å². The molecule has 54 heavy (non-hydrogen) atoms. The first-order chi connectivity index (χ1) is 25.9. The van der Waals surface area contributed by atoms with Crippen molar-refractivity contribution in [2.75, 3.05) is 39.3 Å². The fourth-order valence-electron chi connectivity index (χ4n) is 7.14. The summed E-state index contributed by atoms with van der Waals surface area (Å²) in [5, 5.41) is 27.9. The predicted octanol–water partition coefficient (Wildman–Crippen LogP) is 4.30. The van der Waals surface area contributed by atoms with Crippen LogP contribution in [0.3, 0.4) is 0 Å². The van der Waals surface area contributed by atoms with Crippen molar-refractivity contribution in [2.24, 2.45) is 5.92 Å². The second kappa shape index (κ2) is 17.8. The molecule has 2 amide bonds. The van der Waals surface area contributed by atoms with Gasteiger partial charge in [-0.15, -0.1) is 0 Å². The first kappa shape index (κ1) is 39.2. The van der Waals surface area contributed by atoms with Crippen molar-refractivity contribution in [3.05, 3.63) is 113 Å². The van der Waals surface area contributed by atoms with Gasteiger partial charge >= 0.3 is 6.18 Å². The minimum atomic E-state index is -4.55. The van der Waals surface area contributed by atoms with Gasteiger partial charge in [0, 0.05) is 92.2 Å². The second-order valence-electron chi connectivity index (χ2n) is 13.9. The highest BCUT2D eigenvalue weighted by atomic mass is 35.5. The van der Waals surface area contributed by atoms with Crippen molar-refractivity contribution >= 4 is 23.4 Å². The Balaban J connectivity index is 1.14. The Morgan fingerprint density at radius 3 is 2.59 bits per heavy atom. The number of nitrogens with one attached hydrogen (secondary N) is 2. The van der Waals surface area contributed by atoms with E-state index in [9.17, 15) is 33.0 Å². The summed E-state index contributed by atoms with van der Waals surface area (Å²) < 4.78 is 46.4. The third kappa shape index (κ3) is 10.8. The van der Waals surface area contributed by atoms with Crippen LogP contribution in [-0.4, -0.2) is 105 Å². The van der Waals surface area contributed by atoms with Gasteiger partial charge in [-0.3, -0.25) is 24.4 Å². The SMILES string of the molecule is O=C(C[C@@H]1CN(Cc2ccn(-c3ccc(Cl)cc3)c2)CCN1C[C@@H](O)C[C@@H](Cc1cccnc1)C(=O)N[C@H]1c2ccccc2OC[C@H]1O)NCC(F)(F)F. The number of benzene rings is 2. The lowest BCUT2D eigenvalue weighted by Crippen LogP contribution is -2.56. The van der Waals surface area contributed by atoms with Gasteiger partial charge in [-0.2, -0.15) is 13.2 Å². The summed E-state index contributed by atoms with van der Waals surface area (Å²) in [6.07, 6.45) is 0.779. The fourth-order valence-corrected chi connectivity index (χ4v) is 7.26. The number of halogens is 4. The number of alkyl halides is 3. The number of para-hydroxylation sites is 1. The van der Waals surface area contributed by atoms with Crippen LogP contribution in [0.2, 0.25) is 5.02 Å². The van der Waals surface area contributed by atoms with Gasteiger partial charge in [0.15, 0.2) is 0 Å². The van der Waals surface area contributed by atoms with Crippen LogP contribution in [0, 0.1) is 5.92 Å². The van der Waals surface area contributed by atoms with E-state index < -0.39 is 48.8 Å². The summed E-state index contributed by atoms with van der Waals surface area (Å²) in [5.41, 5.74) is 3.39. The highest BCUT2D eigenvalue weighted by Crippen LogP contribution is 2.32. The van der Waals surface area contributed by atoms with Crippen LogP contribution in [0.4, 0.5) is 13.2 Å². The van der Waals surface area contributed by atoms with Gasteiger partial charge in [-0.25, -0.2) is 0 Å². The molecule has 4 heterocycles. The zero-order valence-corrected chi connectivity index (χ0v) is 30.3. The molecule has 0 spiro atoms. The molecular formula is C39H44ClF3N6O5. The molecule has 15 heteroatoms. The molecule has 6 rings (SSSR count). The van der Waals surface area contributed by atoms with Crippen molar-refractivity contribution in [3.63, 3.8) is 0 Å². The lowest BCUT2D eigenvalue weighted by molar-refractivity contribution is -0.139. The van der Waals surface area contributed by atoms with Crippen LogP contribution in [0.15, 0.2) is 91.5 Å². The number of aliphatic hydroxyl groups is 2. The maximum Gasteiger partial charge on any atom is 0.405 e. The molecule has 4 N–H and O–H groups in total. The van der Waals surface area contributed by atoms with E-state index in [2.05, 4.69) is 15.2 Å². The number of β-amino-alcohol motifs (C(OH)–C–C–N with tert-alkyl or cyclic N) is 1. The molecule has 1 fully saturated rings. The quantitative estimate of drug-likeness (QED) is 0.150. The zero-order chi connectivity index (χ0) is 38.2. The Hall–Kier alpha value is -4.47. The van der Waals surface area contributed by atoms with Gasteiger partial charge in [0.25, 0.3) is 0 Å². The first-order valence-corrected chi connectivity index (χ1v) is 18.3. The summed E-state index contributed by atoms with van der Waals surface area (Å²) >= 11 is 6.04. The number of nitrogens with zero attached hydrogens (tertiary/aromatic N) is 4. The van der Waals surface area contributed by atoms with Crippen LogP contribution < -0.4 is 15.4 Å². The molecule has 0 bridgehead atoms. The van der Waals surface area contributed by atoms with Crippen molar-refractivity contribution in [1.29, 1.82) is 0 Å². The second-order valence-corrected chi connectivity index (χ2v) is 14.4. The molecule has 4 aromatic rings. The van der Waals surface area contributed by atoms with E-state index >= 15 is 0 Å². The van der Waals surface area contributed by atoms with E-state index in [0.29, 0.717) is 42.5 Å².